The third kappa shape index (κ3) is 4.00. The van der Waals surface area contributed by atoms with E-state index in [2.05, 4.69) is 19.2 Å². The number of anilines is 1. The van der Waals surface area contributed by atoms with Gasteiger partial charge in [0.05, 0.1) is 17.2 Å². The van der Waals surface area contributed by atoms with Gasteiger partial charge in [-0.15, -0.1) is 11.3 Å². The molecule has 2 heterocycles. The van der Waals surface area contributed by atoms with Gasteiger partial charge in [0.25, 0.3) is 0 Å². The van der Waals surface area contributed by atoms with E-state index in [-0.39, 0.29) is 28.0 Å². The Morgan fingerprint density at radius 2 is 1.90 bits per heavy atom. The van der Waals surface area contributed by atoms with Crippen LogP contribution in [0.5, 0.6) is 5.75 Å². The van der Waals surface area contributed by atoms with Gasteiger partial charge < -0.3 is 10.1 Å². The molecule has 0 spiro atoms. The van der Waals surface area contributed by atoms with Gasteiger partial charge >= 0.3 is 0 Å². The number of hydrogen-bond donors (Lipinski definition) is 1. The van der Waals surface area contributed by atoms with Crippen LogP contribution in [0.25, 0.3) is 0 Å². The number of ether oxygens (including phenoxy) is 1. The predicted molar refractivity (Wildman–Crippen MR) is 118 cm³/mol. The molecule has 30 heavy (non-hydrogen) atoms. The van der Waals surface area contributed by atoms with Gasteiger partial charge in [-0.25, -0.2) is 8.42 Å². The van der Waals surface area contributed by atoms with Crippen LogP contribution in [-0.2, 0) is 14.6 Å². The van der Waals surface area contributed by atoms with Crippen molar-refractivity contribution in [3.63, 3.8) is 0 Å². The Kier molecular flexibility index (Phi) is 5.66. The summed E-state index contributed by atoms with van der Waals surface area (Å²) in [6.45, 7) is 4.78. The highest BCUT2D eigenvalue weighted by atomic mass is 32.2. The van der Waals surface area contributed by atoms with E-state index in [0.29, 0.717) is 18.2 Å². The van der Waals surface area contributed by atoms with Gasteiger partial charge in [-0.05, 0) is 35.7 Å². The lowest BCUT2D eigenvalue weighted by Gasteiger charge is -2.24. The van der Waals surface area contributed by atoms with Crippen LogP contribution in [-0.4, -0.2) is 20.9 Å². The maximum Gasteiger partial charge on any atom is 0.225 e. The molecule has 0 radical (unpaired) electrons. The molecule has 1 aromatic heterocycles. The van der Waals surface area contributed by atoms with Gasteiger partial charge in [-0.1, -0.05) is 44.2 Å². The Balaban J connectivity index is 1.73. The first-order valence-corrected chi connectivity index (χ1v) is 12.2. The normalized spacial score (nSPS) is 16.2. The van der Waals surface area contributed by atoms with E-state index in [1.807, 2.05) is 24.3 Å². The second-order valence-corrected chi connectivity index (χ2v) is 10.6. The van der Waals surface area contributed by atoms with Crippen molar-refractivity contribution < 1.29 is 17.9 Å². The van der Waals surface area contributed by atoms with E-state index in [1.165, 1.54) is 11.3 Å². The fourth-order valence-electron chi connectivity index (χ4n) is 3.48. The third-order valence-corrected chi connectivity index (χ3v) is 7.98. The molecule has 3 aromatic rings. The molecule has 2 aromatic carbocycles. The Morgan fingerprint density at radius 1 is 1.13 bits per heavy atom. The van der Waals surface area contributed by atoms with Crippen molar-refractivity contribution in [2.75, 3.05) is 11.9 Å². The minimum absolute atomic E-state index is 0.152. The summed E-state index contributed by atoms with van der Waals surface area (Å²) in [5.41, 5.74) is 1.34. The van der Waals surface area contributed by atoms with Crippen molar-refractivity contribution in [3.05, 3.63) is 70.4 Å². The lowest BCUT2D eigenvalue weighted by Crippen LogP contribution is -2.23. The monoisotopic (exact) mass is 441 g/mol. The lowest BCUT2D eigenvalue weighted by molar-refractivity contribution is -0.116. The topological polar surface area (TPSA) is 72.5 Å². The van der Waals surface area contributed by atoms with E-state index >= 15 is 0 Å². The number of fused-ring (bicyclic) bond motifs is 1. The molecule has 0 saturated heterocycles. The number of amides is 1. The van der Waals surface area contributed by atoms with Crippen molar-refractivity contribution in [2.24, 2.45) is 5.92 Å². The molecule has 0 fully saturated rings. The Hall–Kier alpha value is -2.64. The molecule has 0 bridgehead atoms. The molecule has 4 rings (SSSR count). The number of sulfone groups is 1. The van der Waals surface area contributed by atoms with Crippen molar-refractivity contribution >= 4 is 32.8 Å². The summed E-state index contributed by atoms with van der Waals surface area (Å²) >= 11 is 1.37. The first kappa shape index (κ1) is 20.6. The minimum atomic E-state index is -3.72. The molecular weight excluding hydrogens is 418 g/mol. The van der Waals surface area contributed by atoms with E-state index in [0.717, 1.165) is 16.2 Å². The average Bonchev–Trinajstić information content (AvgIpc) is 3.17. The van der Waals surface area contributed by atoms with Crippen LogP contribution < -0.4 is 10.1 Å². The molecule has 0 aliphatic carbocycles. The first-order chi connectivity index (χ1) is 14.4. The molecule has 1 aliphatic heterocycles. The number of benzene rings is 2. The van der Waals surface area contributed by atoms with E-state index in [1.54, 1.807) is 35.7 Å². The van der Waals surface area contributed by atoms with Crippen LogP contribution in [0, 0.1) is 5.92 Å². The van der Waals surface area contributed by atoms with E-state index in [4.69, 9.17) is 4.74 Å². The molecule has 1 amide bonds. The molecule has 1 unspecified atom stereocenters. The fraction of sp³-hybridized carbons (Fsp3) is 0.261. The van der Waals surface area contributed by atoms with Crippen molar-refractivity contribution in [1.29, 1.82) is 0 Å². The second-order valence-electron chi connectivity index (χ2n) is 7.74. The molecule has 0 saturated carbocycles. The van der Waals surface area contributed by atoms with Crippen LogP contribution in [0.1, 0.15) is 36.6 Å². The maximum absolute atomic E-state index is 13.2. The first-order valence-electron chi connectivity index (χ1n) is 9.80. The molecule has 5 nitrogen and oxygen atoms in total. The van der Waals surface area contributed by atoms with Crippen molar-refractivity contribution in [2.45, 2.75) is 36.0 Å². The average molecular weight is 442 g/mol. The predicted octanol–water partition coefficient (Wildman–Crippen LogP) is 5.09. The summed E-state index contributed by atoms with van der Waals surface area (Å²) in [6, 6.07) is 16.0. The summed E-state index contributed by atoms with van der Waals surface area (Å²) in [4.78, 5) is 13.7. The van der Waals surface area contributed by atoms with Gasteiger partial charge in [0.2, 0.25) is 15.7 Å². The van der Waals surface area contributed by atoms with E-state index < -0.39 is 9.84 Å². The fourth-order valence-corrected chi connectivity index (χ4v) is 6.41. The Bertz CT molecular complexity index is 1170. The highest BCUT2D eigenvalue weighted by molar-refractivity contribution is 7.91. The molecule has 1 N–H and O–H groups in total. The number of carbonyl (C=O) groups excluding carboxylic acids is 1. The van der Waals surface area contributed by atoms with Crippen LogP contribution >= 0.6 is 11.3 Å². The summed E-state index contributed by atoms with van der Waals surface area (Å²) in [5.74, 6) is 0.760. The molecule has 7 heteroatoms. The Morgan fingerprint density at radius 3 is 2.63 bits per heavy atom. The highest BCUT2D eigenvalue weighted by Crippen LogP contribution is 2.46. The van der Waals surface area contributed by atoms with Crippen LogP contribution in [0.4, 0.5) is 5.69 Å². The van der Waals surface area contributed by atoms with Crippen molar-refractivity contribution in [1.82, 2.24) is 0 Å². The zero-order valence-electron chi connectivity index (χ0n) is 16.8. The standard InChI is InChI=1S/C23H23NO4S2/c1-15(2)13-28-17-8-6-7-16(11-17)19-12-21(25)24-22-20(14-29-23(19)22)30(26,27)18-9-4-3-5-10-18/h3-11,14-15,19H,12-13H2,1-2H3,(H,24,25). The lowest BCUT2D eigenvalue weighted by atomic mass is 9.90. The van der Waals surface area contributed by atoms with Gasteiger partial charge in [0.15, 0.2) is 0 Å². The van der Waals surface area contributed by atoms with Gasteiger partial charge in [-0.2, -0.15) is 0 Å². The van der Waals surface area contributed by atoms with Crippen LogP contribution in [0.3, 0.4) is 0 Å². The second kappa shape index (κ2) is 8.24. The zero-order chi connectivity index (χ0) is 21.3. The summed E-state index contributed by atoms with van der Waals surface area (Å²) in [7, 11) is -3.72. The number of nitrogens with one attached hydrogen (secondary N) is 1. The highest BCUT2D eigenvalue weighted by Gasteiger charge is 2.34. The third-order valence-electron chi connectivity index (χ3n) is 4.94. The summed E-state index contributed by atoms with van der Waals surface area (Å²) in [6.07, 6.45) is 0.270. The summed E-state index contributed by atoms with van der Waals surface area (Å²) < 4.78 is 32.1. The SMILES string of the molecule is CC(C)COc1cccc(C2CC(=O)Nc3c(S(=O)(=O)c4ccccc4)csc32)c1. The Labute approximate surface area is 180 Å². The molecule has 156 valence electrons. The van der Waals surface area contributed by atoms with Gasteiger partial charge in [-0.3, -0.25) is 4.79 Å². The van der Waals surface area contributed by atoms with E-state index in [9.17, 15) is 13.2 Å². The largest absolute Gasteiger partial charge is 0.493 e. The van der Waals surface area contributed by atoms with Crippen LogP contribution in [0.15, 0.2) is 69.8 Å². The number of carbonyl (C=O) groups is 1. The number of hydrogen-bond acceptors (Lipinski definition) is 5. The molecule has 1 atom stereocenters. The summed E-state index contributed by atoms with van der Waals surface area (Å²) in [5, 5.41) is 4.43. The molecular formula is C23H23NO4S2. The van der Waals surface area contributed by atoms with Crippen molar-refractivity contribution in [3.8, 4) is 5.75 Å². The van der Waals surface area contributed by atoms with Gasteiger partial charge in [0.1, 0.15) is 10.6 Å². The number of thiophene rings is 1. The van der Waals surface area contributed by atoms with Crippen LogP contribution in [0.2, 0.25) is 0 Å². The number of rotatable bonds is 6. The quantitative estimate of drug-likeness (QED) is 0.578. The van der Waals surface area contributed by atoms with Gasteiger partial charge in [0, 0.05) is 22.6 Å². The minimum Gasteiger partial charge on any atom is -0.493 e. The molecule has 1 aliphatic rings. The smallest absolute Gasteiger partial charge is 0.225 e. The zero-order valence-corrected chi connectivity index (χ0v) is 18.4. The maximum atomic E-state index is 13.2.